The number of imidazole rings is 1. The number of hydrogen-bond donors (Lipinski definition) is 1. The summed E-state index contributed by atoms with van der Waals surface area (Å²) in [6, 6.07) is 14.1. The molecule has 88 valence electrons. The van der Waals surface area contributed by atoms with Gasteiger partial charge in [-0.1, -0.05) is 30.3 Å². The maximum absolute atomic E-state index is 10.5. The molecule has 0 fully saturated rings. The van der Waals surface area contributed by atoms with Gasteiger partial charge in [0.05, 0.1) is 5.52 Å². The standard InChI is InChI=1S/C13H9N3O2/c17-15-10-6-7-11-12(8-10)16(18)13(14-11)9-4-2-1-3-5-9/h1-8,18H. The molecule has 5 nitrogen and oxygen atoms in total. The first kappa shape index (κ1) is 10.5. The zero-order chi connectivity index (χ0) is 12.5. The van der Waals surface area contributed by atoms with Crippen molar-refractivity contribution in [3.8, 4) is 11.4 Å². The van der Waals surface area contributed by atoms with Gasteiger partial charge in [-0.15, -0.1) is 4.91 Å². The maximum atomic E-state index is 10.5. The van der Waals surface area contributed by atoms with Crippen LogP contribution in [0.3, 0.4) is 0 Å². The van der Waals surface area contributed by atoms with Gasteiger partial charge in [0.1, 0.15) is 11.2 Å². The summed E-state index contributed by atoms with van der Waals surface area (Å²) in [4.78, 5) is 14.8. The Kier molecular flexibility index (Phi) is 2.30. The molecular formula is C13H9N3O2. The van der Waals surface area contributed by atoms with Gasteiger partial charge in [0.2, 0.25) is 0 Å². The molecule has 18 heavy (non-hydrogen) atoms. The Morgan fingerprint density at radius 1 is 1.11 bits per heavy atom. The van der Waals surface area contributed by atoms with E-state index in [1.54, 1.807) is 12.1 Å². The van der Waals surface area contributed by atoms with Crippen molar-refractivity contribution in [2.45, 2.75) is 0 Å². The first-order chi connectivity index (χ1) is 8.79. The van der Waals surface area contributed by atoms with E-state index in [4.69, 9.17) is 0 Å². The number of fused-ring (bicyclic) bond motifs is 1. The SMILES string of the molecule is O=Nc1ccc2nc(-c3ccccc3)n(O)c2c1. The van der Waals surface area contributed by atoms with Gasteiger partial charge in [0.15, 0.2) is 5.82 Å². The van der Waals surface area contributed by atoms with Gasteiger partial charge in [0, 0.05) is 5.56 Å². The third kappa shape index (κ3) is 1.53. The summed E-state index contributed by atoms with van der Waals surface area (Å²) in [5.41, 5.74) is 2.14. The molecule has 0 aliphatic heterocycles. The van der Waals surface area contributed by atoms with Crippen molar-refractivity contribution in [1.29, 1.82) is 0 Å². The Hall–Kier alpha value is -2.69. The van der Waals surface area contributed by atoms with Crippen LogP contribution < -0.4 is 0 Å². The molecule has 0 unspecified atom stereocenters. The first-order valence-corrected chi connectivity index (χ1v) is 5.40. The van der Waals surface area contributed by atoms with Crippen molar-refractivity contribution < 1.29 is 5.21 Å². The average Bonchev–Trinajstić information content (AvgIpc) is 2.77. The number of aromatic nitrogens is 2. The molecule has 0 aliphatic rings. The summed E-state index contributed by atoms with van der Waals surface area (Å²) < 4.78 is 0.972. The van der Waals surface area contributed by atoms with Crippen LogP contribution in [-0.2, 0) is 0 Å². The second-order valence-electron chi connectivity index (χ2n) is 3.88. The van der Waals surface area contributed by atoms with Crippen LogP contribution in [0.2, 0.25) is 0 Å². The van der Waals surface area contributed by atoms with E-state index in [-0.39, 0.29) is 5.69 Å². The Morgan fingerprint density at radius 3 is 2.61 bits per heavy atom. The second-order valence-corrected chi connectivity index (χ2v) is 3.88. The van der Waals surface area contributed by atoms with Gasteiger partial charge in [-0.2, -0.15) is 4.73 Å². The lowest BCUT2D eigenvalue weighted by atomic mass is 10.2. The van der Waals surface area contributed by atoms with Gasteiger partial charge in [0.25, 0.3) is 0 Å². The second kappa shape index (κ2) is 3.96. The highest BCUT2D eigenvalue weighted by Gasteiger charge is 2.12. The highest BCUT2D eigenvalue weighted by Crippen LogP contribution is 2.26. The molecule has 2 aromatic carbocycles. The Labute approximate surface area is 102 Å². The molecule has 0 aliphatic carbocycles. The fourth-order valence-electron chi connectivity index (χ4n) is 1.88. The van der Waals surface area contributed by atoms with E-state index < -0.39 is 0 Å². The largest absolute Gasteiger partial charge is 0.426 e. The molecule has 0 spiro atoms. The molecule has 1 aromatic heterocycles. The summed E-state index contributed by atoms with van der Waals surface area (Å²) in [7, 11) is 0. The maximum Gasteiger partial charge on any atom is 0.176 e. The van der Waals surface area contributed by atoms with Crippen LogP contribution in [0, 0.1) is 4.91 Å². The molecule has 3 rings (SSSR count). The van der Waals surface area contributed by atoms with Gasteiger partial charge >= 0.3 is 0 Å². The summed E-state index contributed by atoms with van der Waals surface area (Å²) in [5, 5.41) is 12.9. The van der Waals surface area contributed by atoms with Crippen LogP contribution in [0.4, 0.5) is 5.69 Å². The van der Waals surface area contributed by atoms with Crippen molar-refractivity contribution in [2.75, 3.05) is 0 Å². The molecule has 5 heteroatoms. The number of nitrogens with zero attached hydrogens (tertiary/aromatic N) is 3. The Bertz CT molecular complexity index is 720. The topological polar surface area (TPSA) is 67.5 Å². The number of hydrogen-bond acceptors (Lipinski definition) is 4. The van der Waals surface area contributed by atoms with Crippen molar-refractivity contribution in [3.05, 3.63) is 53.4 Å². The van der Waals surface area contributed by atoms with Crippen LogP contribution in [0.5, 0.6) is 0 Å². The molecule has 0 amide bonds. The molecule has 0 radical (unpaired) electrons. The molecule has 3 aromatic rings. The number of rotatable bonds is 2. The lowest BCUT2D eigenvalue weighted by Gasteiger charge is -2.00. The first-order valence-electron chi connectivity index (χ1n) is 5.40. The Morgan fingerprint density at radius 2 is 1.89 bits per heavy atom. The molecule has 0 saturated heterocycles. The van der Waals surface area contributed by atoms with Gasteiger partial charge in [-0.05, 0) is 23.4 Å². The van der Waals surface area contributed by atoms with E-state index in [1.165, 1.54) is 6.07 Å². The quantitative estimate of drug-likeness (QED) is 0.550. The zero-order valence-electron chi connectivity index (χ0n) is 9.32. The lowest BCUT2D eigenvalue weighted by molar-refractivity contribution is 0.203. The van der Waals surface area contributed by atoms with Gasteiger partial charge in [-0.25, -0.2) is 4.98 Å². The minimum Gasteiger partial charge on any atom is -0.426 e. The summed E-state index contributed by atoms with van der Waals surface area (Å²) >= 11 is 0. The molecule has 0 saturated carbocycles. The van der Waals surface area contributed by atoms with E-state index in [9.17, 15) is 10.1 Å². The number of nitroso groups, excluding NO2 is 1. The zero-order valence-corrected chi connectivity index (χ0v) is 9.32. The van der Waals surface area contributed by atoms with E-state index in [2.05, 4.69) is 10.2 Å². The summed E-state index contributed by atoms with van der Waals surface area (Å²) in [6.07, 6.45) is 0. The minimum atomic E-state index is 0.261. The van der Waals surface area contributed by atoms with Crippen LogP contribution in [0.1, 0.15) is 0 Å². The highest BCUT2D eigenvalue weighted by atomic mass is 16.5. The molecule has 1 N–H and O–H groups in total. The monoisotopic (exact) mass is 239 g/mol. The third-order valence-corrected chi connectivity index (χ3v) is 2.75. The Balaban J connectivity index is 2.26. The predicted octanol–water partition coefficient (Wildman–Crippen LogP) is 3.34. The van der Waals surface area contributed by atoms with E-state index in [1.807, 2.05) is 30.3 Å². The van der Waals surface area contributed by atoms with E-state index >= 15 is 0 Å². The summed E-state index contributed by atoms with van der Waals surface area (Å²) in [6.45, 7) is 0. The van der Waals surface area contributed by atoms with Gasteiger partial charge < -0.3 is 5.21 Å². The summed E-state index contributed by atoms with van der Waals surface area (Å²) in [5.74, 6) is 0.439. The van der Waals surface area contributed by atoms with Gasteiger partial charge in [-0.3, -0.25) is 0 Å². The van der Waals surface area contributed by atoms with Crippen LogP contribution >= 0.6 is 0 Å². The van der Waals surface area contributed by atoms with Crippen molar-refractivity contribution >= 4 is 16.7 Å². The van der Waals surface area contributed by atoms with E-state index in [0.29, 0.717) is 16.9 Å². The average molecular weight is 239 g/mol. The fourth-order valence-corrected chi connectivity index (χ4v) is 1.88. The van der Waals surface area contributed by atoms with Crippen LogP contribution in [-0.4, -0.2) is 14.9 Å². The predicted molar refractivity (Wildman–Crippen MR) is 67.8 cm³/mol. The number of benzene rings is 2. The normalized spacial score (nSPS) is 10.7. The molecule has 0 bridgehead atoms. The van der Waals surface area contributed by atoms with Crippen LogP contribution in [0.25, 0.3) is 22.4 Å². The third-order valence-electron chi connectivity index (χ3n) is 2.75. The van der Waals surface area contributed by atoms with Crippen LogP contribution in [0.15, 0.2) is 53.7 Å². The smallest absolute Gasteiger partial charge is 0.176 e. The lowest BCUT2D eigenvalue weighted by Crippen LogP contribution is -1.93. The highest BCUT2D eigenvalue weighted by molar-refractivity contribution is 5.82. The van der Waals surface area contributed by atoms with E-state index in [0.717, 1.165) is 10.3 Å². The minimum absolute atomic E-state index is 0.261. The van der Waals surface area contributed by atoms with Crippen molar-refractivity contribution in [1.82, 2.24) is 9.71 Å². The molecule has 0 atom stereocenters. The fraction of sp³-hybridized carbons (Fsp3) is 0. The molecular weight excluding hydrogens is 230 g/mol. The molecule has 1 heterocycles. The van der Waals surface area contributed by atoms with Crippen molar-refractivity contribution in [3.63, 3.8) is 0 Å². The van der Waals surface area contributed by atoms with Crippen molar-refractivity contribution in [2.24, 2.45) is 5.18 Å².